The molecule has 6 N–H and O–H groups in total. The van der Waals surface area contributed by atoms with Crippen LogP contribution in [0.4, 0.5) is 0 Å². The van der Waals surface area contributed by atoms with Gasteiger partial charge >= 0.3 is 0 Å². The van der Waals surface area contributed by atoms with Crippen molar-refractivity contribution in [1.29, 1.82) is 0 Å². The molecule has 0 spiro atoms. The average Bonchev–Trinajstić information content (AvgIpc) is 2.39. The molecular weight excluding hydrogens is 136 g/mol. The maximum Gasteiger partial charge on any atom is 0.197 e. The van der Waals surface area contributed by atoms with Crippen LogP contribution in [0.25, 0.3) is 0 Å². The third-order valence-electron chi connectivity index (χ3n) is 1.06. The van der Waals surface area contributed by atoms with Crippen LogP contribution >= 0.6 is 0 Å². The fourth-order valence-electron chi connectivity index (χ4n) is 0.272. The summed E-state index contributed by atoms with van der Waals surface area (Å²) in [6.45, 7) is 1.58. The standard InChI is InChI=1S/C3H8N2O.C2H6O2/c1-2-3(4,5)6-2;3-1-2-4/h2H,4-5H2,1H3;3-4H,1-2H2. The van der Waals surface area contributed by atoms with E-state index in [4.69, 9.17) is 21.7 Å². The van der Waals surface area contributed by atoms with Crippen LogP contribution in [-0.4, -0.2) is 35.4 Å². The van der Waals surface area contributed by atoms with Crippen LogP contribution in [0.1, 0.15) is 6.92 Å². The van der Waals surface area contributed by atoms with E-state index in [9.17, 15) is 0 Å². The van der Waals surface area contributed by atoms with Crippen molar-refractivity contribution >= 4 is 0 Å². The summed E-state index contributed by atoms with van der Waals surface area (Å²) in [4.78, 5) is 0. The number of rotatable bonds is 1. The summed E-state index contributed by atoms with van der Waals surface area (Å²) < 4.78 is 4.66. The van der Waals surface area contributed by atoms with Gasteiger partial charge in [0.05, 0.1) is 13.2 Å². The van der Waals surface area contributed by atoms with E-state index >= 15 is 0 Å². The van der Waals surface area contributed by atoms with Crippen LogP contribution in [0.3, 0.4) is 0 Å². The minimum Gasteiger partial charge on any atom is -0.394 e. The molecular formula is C5H14N2O3. The zero-order valence-corrected chi connectivity index (χ0v) is 5.95. The van der Waals surface area contributed by atoms with E-state index in [0.29, 0.717) is 0 Å². The van der Waals surface area contributed by atoms with Gasteiger partial charge in [0.25, 0.3) is 0 Å². The van der Waals surface area contributed by atoms with Gasteiger partial charge in [-0.3, -0.25) is 11.5 Å². The van der Waals surface area contributed by atoms with Crippen molar-refractivity contribution < 1.29 is 14.9 Å². The highest BCUT2D eigenvalue weighted by molar-refractivity contribution is 4.87. The highest BCUT2D eigenvalue weighted by Gasteiger charge is 2.46. The highest BCUT2D eigenvalue weighted by Crippen LogP contribution is 2.22. The van der Waals surface area contributed by atoms with Crippen molar-refractivity contribution in [2.45, 2.75) is 18.9 Å². The van der Waals surface area contributed by atoms with Crippen LogP contribution in [0, 0.1) is 0 Å². The molecule has 0 aliphatic carbocycles. The number of hydrogen-bond acceptors (Lipinski definition) is 5. The number of nitrogens with two attached hydrogens (primary N) is 2. The molecule has 1 aliphatic heterocycles. The van der Waals surface area contributed by atoms with Gasteiger partial charge in [-0.1, -0.05) is 0 Å². The molecule has 10 heavy (non-hydrogen) atoms. The summed E-state index contributed by atoms with van der Waals surface area (Å²) in [6, 6.07) is 0. The van der Waals surface area contributed by atoms with Crippen LogP contribution in [0.15, 0.2) is 0 Å². The Morgan fingerprint density at radius 1 is 1.40 bits per heavy atom. The van der Waals surface area contributed by atoms with Gasteiger partial charge in [-0.2, -0.15) is 0 Å². The second-order valence-corrected chi connectivity index (χ2v) is 2.06. The minimum absolute atomic E-state index is 0.0532. The lowest BCUT2D eigenvalue weighted by molar-refractivity contribution is 0.186. The van der Waals surface area contributed by atoms with Gasteiger partial charge < -0.3 is 14.9 Å². The number of aliphatic hydroxyl groups is 2. The highest BCUT2D eigenvalue weighted by atomic mass is 16.6. The van der Waals surface area contributed by atoms with Crippen molar-refractivity contribution in [2.24, 2.45) is 11.5 Å². The molecule has 0 radical (unpaired) electrons. The molecule has 5 heteroatoms. The average molecular weight is 150 g/mol. The van der Waals surface area contributed by atoms with Crippen molar-refractivity contribution in [3.8, 4) is 0 Å². The molecule has 5 nitrogen and oxygen atoms in total. The number of hydrogen-bond donors (Lipinski definition) is 4. The molecule has 1 rings (SSSR count). The Labute approximate surface area is 59.6 Å². The molecule has 1 unspecified atom stereocenters. The van der Waals surface area contributed by atoms with E-state index in [1.165, 1.54) is 0 Å². The van der Waals surface area contributed by atoms with Gasteiger partial charge in [-0.25, -0.2) is 0 Å². The topological polar surface area (TPSA) is 105 Å². The first kappa shape index (κ1) is 9.80. The summed E-state index contributed by atoms with van der Waals surface area (Å²) in [6.07, 6.45) is 0.0532. The Morgan fingerprint density at radius 3 is 1.60 bits per heavy atom. The molecule has 1 saturated heterocycles. The van der Waals surface area contributed by atoms with Crippen LogP contribution in [-0.2, 0) is 4.74 Å². The molecule has 62 valence electrons. The van der Waals surface area contributed by atoms with Crippen LogP contribution < -0.4 is 11.5 Å². The maximum atomic E-state index is 7.62. The number of aliphatic hydroxyl groups excluding tert-OH is 2. The van der Waals surface area contributed by atoms with Crippen molar-refractivity contribution in [2.75, 3.05) is 13.2 Å². The van der Waals surface area contributed by atoms with E-state index in [1.54, 1.807) is 0 Å². The molecule has 0 aromatic heterocycles. The maximum absolute atomic E-state index is 7.62. The van der Waals surface area contributed by atoms with Gasteiger partial charge in [-0.05, 0) is 6.92 Å². The normalized spacial score (nSPS) is 26.7. The van der Waals surface area contributed by atoms with E-state index in [-0.39, 0.29) is 19.3 Å². The monoisotopic (exact) mass is 150 g/mol. The molecule has 0 saturated carbocycles. The quantitative estimate of drug-likeness (QED) is 0.254. The third kappa shape index (κ3) is 3.76. The molecule has 0 aromatic carbocycles. The predicted molar refractivity (Wildman–Crippen MR) is 35.8 cm³/mol. The lowest BCUT2D eigenvalue weighted by Gasteiger charge is -1.87. The minimum atomic E-state index is -0.792. The lowest BCUT2D eigenvalue weighted by Crippen LogP contribution is -2.36. The fraction of sp³-hybridized carbons (Fsp3) is 1.00. The van der Waals surface area contributed by atoms with Crippen molar-refractivity contribution in [3.63, 3.8) is 0 Å². The third-order valence-corrected chi connectivity index (χ3v) is 1.06. The molecule has 0 amide bonds. The lowest BCUT2D eigenvalue weighted by atomic mass is 10.4. The van der Waals surface area contributed by atoms with E-state index in [0.717, 1.165) is 0 Å². The first-order valence-corrected chi connectivity index (χ1v) is 3.02. The molecule has 1 fully saturated rings. The van der Waals surface area contributed by atoms with Crippen molar-refractivity contribution in [1.82, 2.24) is 0 Å². The largest absolute Gasteiger partial charge is 0.394 e. The zero-order chi connectivity index (χ0) is 8.20. The fourth-order valence-corrected chi connectivity index (χ4v) is 0.272. The number of ether oxygens (including phenoxy) is 1. The summed E-state index contributed by atoms with van der Waals surface area (Å²) in [5.74, 6) is -0.792. The van der Waals surface area contributed by atoms with Gasteiger partial charge in [0.15, 0.2) is 5.85 Å². The van der Waals surface area contributed by atoms with Crippen LogP contribution in [0.2, 0.25) is 0 Å². The second kappa shape index (κ2) is 3.85. The van der Waals surface area contributed by atoms with E-state index in [1.807, 2.05) is 6.92 Å². The van der Waals surface area contributed by atoms with Crippen LogP contribution in [0.5, 0.6) is 0 Å². The molecule has 1 atom stereocenters. The SMILES string of the molecule is CC1OC1(N)N.OCCO. The summed E-state index contributed by atoms with van der Waals surface area (Å²) in [5, 5.41) is 15.2. The van der Waals surface area contributed by atoms with Gasteiger partial charge in [0.1, 0.15) is 6.10 Å². The van der Waals surface area contributed by atoms with Gasteiger partial charge in [-0.15, -0.1) is 0 Å². The molecule has 0 aromatic rings. The van der Waals surface area contributed by atoms with E-state index < -0.39 is 5.85 Å². The van der Waals surface area contributed by atoms with Crippen molar-refractivity contribution in [3.05, 3.63) is 0 Å². The Bertz CT molecular complexity index is 94.9. The van der Waals surface area contributed by atoms with E-state index in [2.05, 4.69) is 4.74 Å². The Balaban J connectivity index is 0.000000180. The summed E-state index contributed by atoms with van der Waals surface area (Å²) in [7, 11) is 0. The Kier molecular flexibility index (Phi) is 3.77. The number of epoxide rings is 1. The molecule has 1 heterocycles. The Hall–Kier alpha value is -0.200. The Morgan fingerprint density at radius 2 is 1.60 bits per heavy atom. The molecule has 0 bridgehead atoms. The van der Waals surface area contributed by atoms with Gasteiger partial charge in [0, 0.05) is 0 Å². The smallest absolute Gasteiger partial charge is 0.197 e. The van der Waals surface area contributed by atoms with Gasteiger partial charge in [0.2, 0.25) is 0 Å². The summed E-state index contributed by atoms with van der Waals surface area (Å²) >= 11 is 0. The summed E-state index contributed by atoms with van der Waals surface area (Å²) in [5.41, 5.74) is 10.3. The first-order chi connectivity index (χ1) is 4.54. The predicted octanol–water partition coefficient (Wildman–Crippen LogP) is -2.05. The zero-order valence-electron chi connectivity index (χ0n) is 5.95. The molecule has 1 aliphatic rings. The second-order valence-electron chi connectivity index (χ2n) is 2.06. The first-order valence-electron chi connectivity index (χ1n) is 3.02.